The number of urea groups is 1. The number of nitrogens with zero attached hydrogens (tertiary/aromatic N) is 1. The van der Waals surface area contributed by atoms with Crippen LogP contribution in [0.1, 0.15) is 25.7 Å². The van der Waals surface area contributed by atoms with E-state index < -0.39 is 11.9 Å². The molecule has 2 rings (SSSR count). The summed E-state index contributed by atoms with van der Waals surface area (Å²) >= 11 is 0. The number of esters is 1. The van der Waals surface area contributed by atoms with Crippen molar-refractivity contribution in [2.24, 2.45) is 5.92 Å². The van der Waals surface area contributed by atoms with E-state index in [1.807, 2.05) is 0 Å². The minimum absolute atomic E-state index is 0.0178. The molecule has 19 heavy (non-hydrogen) atoms. The molecular weight excluding hydrogens is 252 g/mol. The van der Waals surface area contributed by atoms with Crippen molar-refractivity contribution < 1.29 is 24.2 Å². The van der Waals surface area contributed by atoms with E-state index in [4.69, 9.17) is 5.11 Å². The van der Waals surface area contributed by atoms with Gasteiger partial charge in [0.15, 0.2) is 0 Å². The first-order chi connectivity index (χ1) is 9.04. The van der Waals surface area contributed by atoms with E-state index in [0.29, 0.717) is 6.42 Å². The summed E-state index contributed by atoms with van der Waals surface area (Å²) in [5.74, 6) is -1.67. The Kier molecular flexibility index (Phi) is 3.92. The van der Waals surface area contributed by atoms with Crippen molar-refractivity contribution in [3.05, 3.63) is 0 Å². The lowest BCUT2D eigenvalue weighted by atomic mass is 9.89. The van der Waals surface area contributed by atoms with Crippen LogP contribution in [0.4, 0.5) is 4.79 Å². The third kappa shape index (κ3) is 2.64. The van der Waals surface area contributed by atoms with Gasteiger partial charge in [0.25, 0.3) is 0 Å². The Labute approximate surface area is 110 Å². The number of carbonyl (C=O) groups is 3. The zero-order valence-corrected chi connectivity index (χ0v) is 10.8. The number of hydrogen-bond acceptors (Lipinski definition) is 4. The number of hydrogen-bond donors (Lipinski definition) is 2. The number of methoxy groups -OCH3 is 1. The molecule has 2 aliphatic heterocycles. The fourth-order valence-electron chi connectivity index (χ4n) is 3.04. The average molecular weight is 270 g/mol. The molecule has 3 unspecified atom stereocenters. The maximum Gasteiger partial charge on any atom is 0.317 e. The second-order valence-electron chi connectivity index (χ2n) is 4.94. The largest absolute Gasteiger partial charge is 0.481 e. The maximum absolute atomic E-state index is 12.0. The fraction of sp³-hybridized carbons (Fsp3) is 0.750. The highest BCUT2D eigenvalue weighted by molar-refractivity contribution is 5.79. The molecule has 0 saturated carbocycles. The van der Waals surface area contributed by atoms with Crippen LogP contribution >= 0.6 is 0 Å². The van der Waals surface area contributed by atoms with Crippen molar-refractivity contribution in [2.45, 2.75) is 37.8 Å². The smallest absolute Gasteiger partial charge is 0.317 e. The highest BCUT2D eigenvalue weighted by atomic mass is 16.5. The summed E-state index contributed by atoms with van der Waals surface area (Å²) in [5, 5.41) is 11.7. The lowest BCUT2D eigenvalue weighted by Gasteiger charge is -2.23. The van der Waals surface area contributed by atoms with Gasteiger partial charge in [-0.1, -0.05) is 0 Å². The summed E-state index contributed by atoms with van der Waals surface area (Å²) in [6, 6.07) is -0.468. The third-order valence-electron chi connectivity index (χ3n) is 3.92. The van der Waals surface area contributed by atoms with Crippen molar-refractivity contribution >= 4 is 18.0 Å². The van der Waals surface area contributed by atoms with Crippen LogP contribution in [0.2, 0.25) is 0 Å². The molecule has 2 saturated heterocycles. The van der Waals surface area contributed by atoms with Gasteiger partial charge in [0.05, 0.1) is 19.4 Å². The summed E-state index contributed by atoms with van der Waals surface area (Å²) in [5.41, 5.74) is 0. The van der Waals surface area contributed by atoms with E-state index in [1.165, 1.54) is 7.11 Å². The van der Waals surface area contributed by atoms with Crippen LogP contribution < -0.4 is 5.32 Å². The van der Waals surface area contributed by atoms with Crippen LogP contribution in [0.25, 0.3) is 0 Å². The van der Waals surface area contributed by atoms with Crippen LogP contribution in [0.3, 0.4) is 0 Å². The molecule has 2 aliphatic rings. The minimum Gasteiger partial charge on any atom is -0.481 e. The SMILES string of the molecule is COC(=O)CCNC(=O)N1C2CCC1C(C(=O)O)C2. The number of aliphatic carboxylic acids is 1. The maximum atomic E-state index is 12.0. The molecule has 0 radical (unpaired) electrons. The van der Waals surface area contributed by atoms with Gasteiger partial charge in [-0.15, -0.1) is 0 Å². The Balaban J connectivity index is 1.87. The molecule has 7 nitrogen and oxygen atoms in total. The fourth-order valence-corrected chi connectivity index (χ4v) is 3.04. The topological polar surface area (TPSA) is 95.9 Å². The first kappa shape index (κ1) is 13.6. The highest BCUT2D eigenvalue weighted by Crippen LogP contribution is 2.41. The van der Waals surface area contributed by atoms with Crippen LogP contribution in [-0.2, 0) is 14.3 Å². The van der Waals surface area contributed by atoms with E-state index in [9.17, 15) is 14.4 Å². The van der Waals surface area contributed by atoms with E-state index in [-0.39, 0.29) is 37.0 Å². The van der Waals surface area contributed by atoms with Gasteiger partial charge >= 0.3 is 18.0 Å². The summed E-state index contributed by atoms with van der Waals surface area (Å²) < 4.78 is 4.48. The van der Waals surface area contributed by atoms with Gasteiger partial charge in [-0.2, -0.15) is 0 Å². The molecule has 106 valence electrons. The van der Waals surface area contributed by atoms with Crippen molar-refractivity contribution in [3.8, 4) is 0 Å². The molecule has 2 amide bonds. The molecule has 3 atom stereocenters. The van der Waals surface area contributed by atoms with E-state index in [2.05, 4.69) is 10.1 Å². The molecule has 0 aromatic carbocycles. The normalized spacial score (nSPS) is 28.3. The Bertz CT molecular complexity index is 398. The van der Waals surface area contributed by atoms with E-state index in [1.54, 1.807) is 4.90 Å². The van der Waals surface area contributed by atoms with Crippen LogP contribution in [0.5, 0.6) is 0 Å². The second kappa shape index (κ2) is 5.46. The molecule has 2 fully saturated rings. The molecule has 0 aromatic rings. The predicted molar refractivity (Wildman–Crippen MR) is 64.4 cm³/mol. The zero-order chi connectivity index (χ0) is 14.0. The Morgan fingerprint density at radius 2 is 2.11 bits per heavy atom. The molecule has 0 aromatic heterocycles. The first-order valence-electron chi connectivity index (χ1n) is 6.40. The molecule has 7 heteroatoms. The number of amides is 2. The second-order valence-corrected chi connectivity index (χ2v) is 4.94. The Morgan fingerprint density at radius 1 is 1.37 bits per heavy atom. The molecule has 2 heterocycles. The van der Waals surface area contributed by atoms with Gasteiger partial charge in [-0.25, -0.2) is 4.79 Å². The number of fused-ring (bicyclic) bond motifs is 2. The number of ether oxygens (including phenoxy) is 1. The summed E-state index contributed by atoms with van der Waals surface area (Å²) in [7, 11) is 1.29. The van der Waals surface area contributed by atoms with Crippen LogP contribution in [0, 0.1) is 5.92 Å². The van der Waals surface area contributed by atoms with Crippen LogP contribution in [-0.4, -0.2) is 53.7 Å². The molecule has 2 bridgehead atoms. The summed E-state index contributed by atoms with van der Waals surface area (Å²) in [6.07, 6.45) is 2.25. The van der Waals surface area contributed by atoms with Crippen molar-refractivity contribution in [2.75, 3.05) is 13.7 Å². The third-order valence-corrected chi connectivity index (χ3v) is 3.92. The number of carbonyl (C=O) groups excluding carboxylic acids is 2. The summed E-state index contributed by atoms with van der Waals surface area (Å²) in [6.45, 7) is 0.208. The minimum atomic E-state index is -0.834. The average Bonchev–Trinajstić information content (AvgIpc) is 2.95. The van der Waals surface area contributed by atoms with Crippen molar-refractivity contribution in [1.29, 1.82) is 0 Å². The summed E-state index contributed by atoms with van der Waals surface area (Å²) in [4.78, 5) is 35.7. The monoisotopic (exact) mass is 270 g/mol. The quantitative estimate of drug-likeness (QED) is 0.711. The number of nitrogens with one attached hydrogen (secondary N) is 1. The molecule has 2 N–H and O–H groups in total. The molecule has 0 aliphatic carbocycles. The van der Waals surface area contributed by atoms with Gasteiger partial charge in [0.2, 0.25) is 0 Å². The van der Waals surface area contributed by atoms with Gasteiger partial charge < -0.3 is 20.1 Å². The Hall–Kier alpha value is -1.79. The first-order valence-corrected chi connectivity index (χ1v) is 6.40. The van der Waals surface area contributed by atoms with E-state index >= 15 is 0 Å². The molecular formula is C12H18N2O5. The van der Waals surface area contributed by atoms with Gasteiger partial charge in [-0.3, -0.25) is 9.59 Å². The van der Waals surface area contributed by atoms with Crippen molar-refractivity contribution in [3.63, 3.8) is 0 Å². The number of carboxylic acid groups (broad SMARTS) is 1. The van der Waals surface area contributed by atoms with Gasteiger partial charge in [0.1, 0.15) is 0 Å². The number of carboxylic acids is 1. The van der Waals surface area contributed by atoms with Crippen LogP contribution in [0.15, 0.2) is 0 Å². The van der Waals surface area contributed by atoms with Crippen molar-refractivity contribution in [1.82, 2.24) is 10.2 Å². The van der Waals surface area contributed by atoms with E-state index in [0.717, 1.165) is 12.8 Å². The lowest BCUT2D eigenvalue weighted by molar-refractivity contribution is -0.142. The zero-order valence-electron chi connectivity index (χ0n) is 10.8. The molecule has 0 spiro atoms. The Morgan fingerprint density at radius 3 is 2.68 bits per heavy atom. The lowest BCUT2D eigenvalue weighted by Crippen LogP contribution is -2.44. The van der Waals surface area contributed by atoms with Gasteiger partial charge in [0, 0.05) is 18.6 Å². The van der Waals surface area contributed by atoms with Gasteiger partial charge in [-0.05, 0) is 19.3 Å². The number of rotatable bonds is 4. The standard InChI is InChI=1S/C12H18N2O5/c1-19-10(15)4-5-13-12(18)14-7-2-3-9(14)8(6-7)11(16)17/h7-9H,2-6H2,1H3,(H,13,18)(H,16,17). The predicted octanol–water partition coefficient (Wildman–Crippen LogP) is 0.197. The highest BCUT2D eigenvalue weighted by Gasteiger charge is 2.51.